The predicted octanol–water partition coefficient (Wildman–Crippen LogP) is 2.81. The molecule has 114 valence electrons. The fraction of sp³-hybridized carbons (Fsp3) is 0.929. The molecule has 0 aliphatic heterocycles. The number of methoxy groups -OCH3 is 1. The maximum Gasteiger partial charge on any atom is 0.311 e. The van der Waals surface area contributed by atoms with Gasteiger partial charge in [-0.15, -0.1) is 0 Å². The van der Waals surface area contributed by atoms with Crippen molar-refractivity contribution in [3.63, 3.8) is 0 Å². The van der Waals surface area contributed by atoms with Crippen LogP contribution in [0.2, 0.25) is 18.1 Å². The maximum atomic E-state index is 11.4. The van der Waals surface area contributed by atoms with Gasteiger partial charge in [0.25, 0.3) is 0 Å². The van der Waals surface area contributed by atoms with Crippen LogP contribution in [0, 0.1) is 11.8 Å². The number of hydrogen-bond donors (Lipinski definition) is 1. The molecule has 0 saturated heterocycles. The van der Waals surface area contributed by atoms with Crippen LogP contribution in [0.3, 0.4) is 0 Å². The van der Waals surface area contributed by atoms with Crippen LogP contribution in [0.4, 0.5) is 0 Å². The van der Waals surface area contributed by atoms with Gasteiger partial charge in [-0.05, 0) is 25.1 Å². The molecule has 3 atom stereocenters. The summed E-state index contributed by atoms with van der Waals surface area (Å²) in [6.45, 7) is 14.9. The number of aliphatic hydroxyl groups is 1. The summed E-state index contributed by atoms with van der Waals surface area (Å²) < 4.78 is 10.7. The minimum absolute atomic E-state index is 0.0942. The van der Waals surface area contributed by atoms with Crippen LogP contribution in [0.25, 0.3) is 0 Å². The van der Waals surface area contributed by atoms with Crippen molar-refractivity contribution in [3.8, 4) is 0 Å². The van der Waals surface area contributed by atoms with Gasteiger partial charge in [-0.1, -0.05) is 27.7 Å². The predicted molar refractivity (Wildman–Crippen MR) is 79.5 cm³/mol. The summed E-state index contributed by atoms with van der Waals surface area (Å²) in [6, 6.07) is 0. The van der Waals surface area contributed by atoms with E-state index < -0.39 is 20.3 Å². The molecule has 4 nitrogen and oxygen atoms in total. The number of esters is 1. The third kappa shape index (κ3) is 5.24. The lowest BCUT2D eigenvalue weighted by Gasteiger charge is -2.37. The fourth-order valence-electron chi connectivity index (χ4n) is 1.47. The minimum atomic E-state index is -1.81. The number of rotatable bonds is 6. The Morgan fingerprint density at radius 1 is 1.26 bits per heavy atom. The zero-order valence-electron chi connectivity index (χ0n) is 13.6. The van der Waals surface area contributed by atoms with Gasteiger partial charge >= 0.3 is 5.97 Å². The highest BCUT2D eigenvalue weighted by Crippen LogP contribution is 2.37. The molecule has 0 saturated carbocycles. The van der Waals surface area contributed by atoms with E-state index in [1.807, 2.05) is 6.92 Å². The highest BCUT2D eigenvalue weighted by molar-refractivity contribution is 6.74. The van der Waals surface area contributed by atoms with Crippen LogP contribution in [0.15, 0.2) is 0 Å². The topological polar surface area (TPSA) is 55.8 Å². The molecular formula is C14H30O4Si. The van der Waals surface area contributed by atoms with Crippen molar-refractivity contribution in [1.29, 1.82) is 0 Å². The SMILES string of the molecule is COC(=O)[C@H](C)[C@@H](O)[C@@H](C)CO[Si](C)(C)C(C)(C)C. The average Bonchev–Trinajstić information content (AvgIpc) is 2.31. The number of carbonyl (C=O) groups is 1. The van der Waals surface area contributed by atoms with E-state index in [0.29, 0.717) is 6.61 Å². The molecule has 0 aliphatic rings. The van der Waals surface area contributed by atoms with Crippen LogP contribution in [0.5, 0.6) is 0 Å². The zero-order chi connectivity index (χ0) is 15.4. The molecule has 0 unspecified atom stereocenters. The lowest BCUT2D eigenvalue weighted by Crippen LogP contribution is -2.43. The molecule has 0 aliphatic carbocycles. The second kappa shape index (κ2) is 6.86. The van der Waals surface area contributed by atoms with Crippen molar-refractivity contribution in [2.45, 2.75) is 58.9 Å². The van der Waals surface area contributed by atoms with Crippen molar-refractivity contribution in [3.05, 3.63) is 0 Å². The molecule has 0 aromatic heterocycles. The zero-order valence-corrected chi connectivity index (χ0v) is 14.6. The Morgan fingerprint density at radius 3 is 2.11 bits per heavy atom. The van der Waals surface area contributed by atoms with Crippen LogP contribution >= 0.6 is 0 Å². The quantitative estimate of drug-likeness (QED) is 0.604. The smallest absolute Gasteiger partial charge is 0.311 e. The number of aliphatic hydroxyl groups excluding tert-OH is 1. The fourth-order valence-corrected chi connectivity index (χ4v) is 2.59. The molecule has 5 heteroatoms. The lowest BCUT2D eigenvalue weighted by atomic mass is 9.94. The summed E-state index contributed by atoms with van der Waals surface area (Å²) >= 11 is 0. The van der Waals surface area contributed by atoms with Gasteiger partial charge in [0.1, 0.15) is 0 Å². The van der Waals surface area contributed by atoms with Gasteiger partial charge in [-0.2, -0.15) is 0 Å². The van der Waals surface area contributed by atoms with Gasteiger partial charge in [0.15, 0.2) is 8.32 Å². The molecule has 0 aromatic rings. The Balaban J connectivity index is 4.47. The molecule has 0 amide bonds. The van der Waals surface area contributed by atoms with E-state index in [1.165, 1.54) is 7.11 Å². The van der Waals surface area contributed by atoms with E-state index in [0.717, 1.165) is 0 Å². The van der Waals surface area contributed by atoms with Crippen LogP contribution in [-0.4, -0.2) is 39.2 Å². The summed E-state index contributed by atoms with van der Waals surface area (Å²) in [6.07, 6.45) is -0.739. The third-order valence-corrected chi connectivity index (χ3v) is 8.68. The van der Waals surface area contributed by atoms with Crippen molar-refractivity contribution in [2.75, 3.05) is 13.7 Å². The molecule has 0 bridgehead atoms. The molecule has 0 aromatic carbocycles. The van der Waals surface area contributed by atoms with Gasteiger partial charge in [-0.3, -0.25) is 4.79 Å². The molecule has 0 heterocycles. The third-order valence-electron chi connectivity index (χ3n) is 4.18. The van der Waals surface area contributed by atoms with E-state index in [1.54, 1.807) is 6.92 Å². The van der Waals surface area contributed by atoms with Crippen molar-refractivity contribution < 1.29 is 19.1 Å². The Hall–Kier alpha value is -0.393. The first-order valence-electron chi connectivity index (χ1n) is 6.84. The van der Waals surface area contributed by atoms with Gasteiger partial charge in [-0.25, -0.2) is 0 Å². The largest absolute Gasteiger partial charge is 0.469 e. The molecule has 1 N–H and O–H groups in total. The summed E-state index contributed by atoms with van der Waals surface area (Å²) in [5.41, 5.74) is 0. The summed E-state index contributed by atoms with van der Waals surface area (Å²) in [4.78, 5) is 11.4. The van der Waals surface area contributed by atoms with E-state index in [-0.39, 0.29) is 16.9 Å². The highest BCUT2D eigenvalue weighted by Gasteiger charge is 2.38. The van der Waals surface area contributed by atoms with E-state index in [2.05, 4.69) is 38.6 Å². The number of carbonyl (C=O) groups excluding carboxylic acids is 1. The second-order valence-corrected chi connectivity index (χ2v) is 11.7. The Labute approximate surface area is 118 Å². The Morgan fingerprint density at radius 2 is 1.74 bits per heavy atom. The molecular weight excluding hydrogens is 260 g/mol. The molecule has 0 radical (unpaired) electrons. The maximum absolute atomic E-state index is 11.4. The normalized spacial score (nSPS) is 17.7. The van der Waals surface area contributed by atoms with Gasteiger partial charge in [0.05, 0.1) is 19.1 Å². The minimum Gasteiger partial charge on any atom is -0.469 e. The summed E-state index contributed by atoms with van der Waals surface area (Å²) in [5.74, 6) is -1.00. The molecule has 19 heavy (non-hydrogen) atoms. The number of hydrogen-bond acceptors (Lipinski definition) is 4. The first-order valence-corrected chi connectivity index (χ1v) is 9.74. The van der Waals surface area contributed by atoms with E-state index in [4.69, 9.17) is 4.43 Å². The molecule has 0 rings (SSSR count). The van der Waals surface area contributed by atoms with E-state index in [9.17, 15) is 9.90 Å². The summed E-state index contributed by atoms with van der Waals surface area (Å²) in [7, 11) is -0.475. The monoisotopic (exact) mass is 290 g/mol. The molecule has 0 spiro atoms. The van der Waals surface area contributed by atoms with E-state index >= 15 is 0 Å². The first-order chi connectivity index (χ1) is 8.44. The van der Waals surface area contributed by atoms with Gasteiger partial charge in [0.2, 0.25) is 0 Å². The molecule has 0 fully saturated rings. The van der Waals surface area contributed by atoms with Crippen LogP contribution in [-0.2, 0) is 14.0 Å². The van der Waals surface area contributed by atoms with Crippen molar-refractivity contribution in [2.24, 2.45) is 11.8 Å². The second-order valence-electron chi connectivity index (χ2n) is 6.85. The van der Waals surface area contributed by atoms with Crippen molar-refractivity contribution in [1.82, 2.24) is 0 Å². The summed E-state index contributed by atoms with van der Waals surface area (Å²) in [5, 5.41) is 10.3. The number of ether oxygens (including phenoxy) is 1. The Kier molecular flexibility index (Phi) is 6.72. The van der Waals surface area contributed by atoms with Gasteiger partial charge < -0.3 is 14.3 Å². The average molecular weight is 290 g/mol. The first kappa shape index (κ1) is 18.6. The van der Waals surface area contributed by atoms with Crippen LogP contribution < -0.4 is 0 Å². The van der Waals surface area contributed by atoms with Crippen LogP contribution in [0.1, 0.15) is 34.6 Å². The highest BCUT2D eigenvalue weighted by atomic mass is 28.4. The lowest BCUT2D eigenvalue weighted by molar-refractivity contribution is -0.150. The van der Waals surface area contributed by atoms with Gasteiger partial charge in [0, 0.05) is 12.5 Å². The Bertz CT molecular complexity index is 296. The van der Waals surface area contributed by atoms with Crippen molar-refractivity contribution >= 4 is 14.3 Å². The standard InChI is InChI=1S/C14H30O4Si/c1-10(12(15)11(2)13(16)17-6)9-18-19(7,8)14(3,4)5/h10-12,15H,9H2,1-8H3/t10-,11+,12-/m0/s1.